The van der Waals surface area contributed by atoms with Crippen molar-refractivity contribution in [3.05, 3.63) is 23.5 Å². The second-order valence-electron chi connectivity index (χ2n) is 4.14. The number of rotatable bonds is 0. The van der Waals surface area contributed by atoms with Gasteiger partial charge in [-0.05, 0) is 16.4 Å². The zero-order valence-corrected chi connectivity index (χ0v) is 8.85. The summed E-state index contributed by atoms with van der Waals surface area (Å²) in [5.41, 5.74) is 1.52. The van der Waals surface area contributed by atoms with Crippen LogP contribution in [0.3, 0.4) is 0 Å². The van der Waals surface area contributed by atoms with Crippen LogP contribution in [0.25, 0.3) is 10.2 Å². The molecule has 0 radical (unpaired) electrons. The average molecular weight is 192 g/mol. The first-order chi connectivity index (χ1) is 6.09. The second-order valence-corrected chi connectivity index (χ2v) is 5.00. The Morgan fingerprint density at radius 3 is 2.77 bits per heavy atom. The van der Waals surface area contributed by atoms with Crippen molar-refractivity contribution in [2.75, 3.05) is 0 Å². The van der Waals surface area contributed by atoms with Crippen molar-refractivity contribution in [3.8, 4) is 0 Å². The van der Waals surface area contributed by atoms with E-state index in [1.54, 1.807) is 17.7 Å². The van der Waals surface area contributed by atoms with Crippen LogP contribution in [0.2, 0.25) is 0 Å². The Balaban J connectivity index is 2.72. The zero-order chi connectivity index (χ0) is 9.47. The smallest absolute Gasteiger partial charge is 0.126 e. The standard InChI is InChI=1S/C10H12N2S/c1-10(2,3)8-5-13-9-7(8)4-11-6-12-9/h4-6H,1-3H3. The molecule has 0 spiro atoms. The van der Waals surface area contributed by atoms with E-state index in [1.165, 1.54) is 10.9 Å². The molecule has 0 amide bonds. The first kappa shape index (κ1) is 8.63. The molecule has 0 aliphatic heterocycles. The zero-order valence-electron chi connectivity index (χ0n) is 8.03. The van der Waals surface area contributed by atoms with Crippen molar-refractivity contribution in [1.82, 2.24) is 9.97 Å². The molecule has 0 saturated heterocycles. The molecule has 3 heteroatoms. The molecule has 2 heterocycles. The van der Waals surface area contributed by atoms with Crippen LogP contribution in [-0.2, 0) is 5.41 Å². The fourth-order valence-corrected chi connectivity index (χ4v) is 2.46. The molecule has 0 aliphatic rings. The molecule has 0 atom stereocenters. The predicted molar refractivity (Wildman–Crippen MR) is 56.1 cm³/mol. The summed E-state index contributed by atoms with van der Waals surface area (Å²) >= 11 is 1.69. The van der Waals surface area contributed by atoms with Crippen molar-refractivity contribution >= 4 is 21.6 Å². The van der Waals surface area contributed by atoms with Crippen molar-refractivity contribution in [2.24, 2.45) is 0 Å². The maximum absolute atomic E-state index is 4.22. The quantitative estimate of drug-likeness (QED) is 0.641. The Morgan fingerprint density at radius 1 is 1.31 bits per heavy atom. The van der Waals surface area contributed by atoms with Crippen molar-refractivity contribution in [3.63, 3.8) is 0 Å². The van der Waals surface area contributed by atoms with E-state index in [9.17, 15) is 0 Å². The summed E-state index contributed by atoms with van der Waals surface area (Å²) in [4.78, 5) is 9.36. The van der Waals surface area contributed by atoms with Crippen LogP contribution in [-0.4, -0.2) is 9.97 Å². The highest BCUT2D eigenvalue weighted by Crippen LogP contribution is 2.32. The van der Waals surface area contributed by atoms with Crippen LogP contribution in [0.15, 0.2) is 17.9 Å². The van der Waals surface area contributed by atoms with Gasteiger partial charge in [0.15, 0.2) is 0 Å². The van der Waals surface area contributed by atoms with E-state index in [4.69, 9.17) is 0 Å². The minimum atomic E-state index is 0.183. The summed E-state index contributed by atoms with van der Waals surface area (Å²) in [6.45, 7) is 6.63. The van der Waals surface area contributed by atoms with E-state index in [2.05, 4.69) is 36.1 Å². The van der Waals surface area contributed by atoms with Gasteiger partial charge < -0.3 is 0 Å². The highest BCUT2D eigenvalue weighted by Gasteiger charge is 2.18. The molecule has 13 heavy (non-hydrogen) atoms. The molecule has 0 aliphatic carbocycles. The van der Waals surface area contributed by atoms with Gasteiger partial charge in [0.05, 0.1) is 0 Å². The summed E-state index contributed by atoms with van der Waals surface area (Å²) in [6.07, 6.45) is 3.50. The van der Waals surface area contributed by atoms with Crippen molar-refractivity contribution < 1.29 is 0 Å². The van der Waals surface area contributed by atoms with E-state index < -0.39 is 0 Å². The van der Waals surface area contributed by atoms with Gasteiger partial charge in [-0.1, -0.05) is 20.8 Å². The topological polar surface area (TPSA) is 25.8 Å². The summed E-state index contributed by atoms with van der Waals surface area (Å²) in [5, 5.41) is 3.37. The molecule has 2 nitrogen and oxygen atoms in total. The van der Waals surface area contributed by atoms with Gasteiger partial charge in [0.25, 0.3) is 0 Å². The lowest BCUT2D eigenvalue weighted by Gasteiger charge is -2.16. The number of hydrogen-bond acceptors (Lipinski definition) is 3. The van der Waals surface area contributed by atoms with E-state index in [0.717, 1.165) is 4.83 Å². The summed E-state index contributed by atoms with van der Waals surface area (Å²) in [6, 6.07) is 0. The lowest BCUT2D eigenvalue weighted by molar-refractivity contribution is 0.597. The molecule has 0 saturated carbocycles. The second kappa shape index (κ2) is 2.77. The number of thiophene rings is 1. The first-order valence-corrected chi connectivity index (χ1v) is 5.15. The predicted octanol–water partition coefficient (Wildman–Crippen LogP) is 2.99. The molecule has 2 aromatic rings. The number of nitrogens with zero attached hydrogens (tertiary/aromatic N) is 2. The van der Waals surface area contributed by atoms with Crippen LogP contribution in [0, 0.1) is 0 Å². The fourth-order valence-electron chi connectivity index (χ4n) is 1.36. The van der Waals surface area contributed by atoms with Crippen molar-refractivity contribution in [2.45, 2.75) is 26.2 Å². The Kier molecular flexibility index (Phi) is 1.84. The van der Waals surface area contributed by atoms with Crippen molar-refractivity contribution in [1.29, 1.82) is 0 Å². The van der Waals surface area contributed by atoms with E-state index in [0.29, 0.717) is 0 Å². The third-order valence-electron chi connectivity index (χ3n) is 2.06. The Hall–Kier alpha value is -0.960. The van der Waals surface area contributed by atoms with Crippen LogP contribution in [0.5, 0.6) is 0 Å². The van der Waals surface area contributed by atoms with Crippen LogP contribution < -0.4 is 0 Å². The number of fused-ring (bicyclic) bond motifs is 1. The largest absolute Gasteiger partial charge is 0.244 e. The van der Waals surface area contributed by atoms with Gasteiger partial charge in [0, 0.05) is 11.6 Å². The molecule has 68 valence electrons. The minimum Gasteiger partial charge on any atom is -0.244 e. The number of hydrogen-bond donors (Lipinski definition) is 0. The molecule has 0 aromatic carbocycles. The van der Waals surface area contributed by atoms with E-state index in [1.807, 2.05) is 6.20 Å². The summed E-state index contributed by atoms with van der Waals surface area (Å²) in [7, 11) is 0. The molecule has 2 aromatic heterocycles. The molecule has 0 fully saturated rings. The SMILES string of the molecule is CC(C)(C)c1csc2ncncc12. The highest BCUT2D eigenvalue weighted by molar-refractivity contribution is 7.16. The van der Waals surface area contributed by atoms with Crippen LogP contribution >= 0.6 is 11.3 Å². The van der Waals surface area contributed by atoms with Gasteiger partial charge >= 0.3 is 0 Å². The minimum absolute atomic E-state index is 0.183. The Labute approximate surface area is 81.7 Å². The molecule has 0 unspecified atom stereocenters. The lowest BCUT2D eigenvalue weighted by atomic mass is 9.88. The average Bonchev–Trinajstić information content (AvgIpc) is 2.45. The van der Waals surface area contributed by atoms with Gasteiger partial charge in [-0.25, -0.2) is 9.97 Å². The van der Waals surface area contributed by atoms with E-state index >= 15 is 0 Å². The number of aromatic nitrogens is 2. The molecule has 0 N–H and O–H groups in total. The highest BCUT2D eigenvalue weighted by atomic mass is 32.1. The van der Waals surface area contributed by atoms with Crippen LogP contribution in [0.4, 0.5) is 0 Å². The summed E-state index contributed by atoms with van der Waals surface area (Å²) < 4.78 is 0. The summed E-state index contributed by atoms with van der Waals surface area (Å²) in [5.74, 6) is 0. The fraction of sp³-hybridized carbons (Fsp3) is 0.400. The molecular weight excluding hydrogens is 180 g/mol. The Bertz CT molecular complexity index is 426. The van der Waals surface area contributed by atoms with Gasteiger partial charge in [-0.2, -0.15) is 0 Å². The monoisotopic (exact) mass is 192 g/mol. The van der Waals surface area contributed by atoms with Crippen LogP contribution in [0.1, 0.15) is 26.3 Å². The third kappa shape index (κ3) is 1.44. The Morgan fingerprint density at radius 2 is 2.08 bits per heavy atom. The van der Waals surface area contributed by atoms with Gasteiger partial charge in [0.2, 0.25) is 0 Å². The third-order valence-corrected chi connectivity index (χ3v) is 2.96. The maximum Gasteiger partial charge on any atom is 0.126 e. The lowest BCUT2D eigenvalue weighted by Crippen LogP contribution is -2.09. The molecule has 2 rings (SSSR count). The molecular formula is C10H12N2S. The van der Waals surface area contributed by atoms with E-state index in [-0.39, 0.29) is 5.41 Å². The maximum atomic E-state index is 4.22. The van der Waals surface area contributed by atoms with Gasteiger partial charge in [-0.3, -0.25) is 0 Å². The van der Waals surface area contributed by atoms with Gasteiger partial charge in [0.1, 0.15) is 11.2 Å². The normalized spacial score (nSPS) is 12.2. The van der Waals surface area contributed by atoms with Gasteiger partial charge in [-0.15, -0.1) is 11.3 Å². The molecule has 0 bridgehead atoms. The first-order valence-electron chi connectivity index (χ1n) is 4.27.